The van der Waals surface area contributed by atoms with Crippen LogP contribution in [0, 0.1) is 17.7 Å². The Kier molecular flexibility index (Phi) is 4.05. The van der Waals surface area contributed by atoms with Gasteiger partial charge in [-0.25, -0.2) is 4.39 Å². The summed E-state index contributed by atoms with van der Waals surface area (Å²) in [6, 6.07) is 4.79. The van der Waals surface area contributed by atoms with Crippen molar-refractivity contribution in [2.45, 2.75) is 32.2 Å². The van der Waals surface area contributed by atoms with E-state index in [1.54, 1.807) is 12.1 Å². The van der Waals surface area contributed by atoms with Crippen LogP contribution in [0.25, 0.3) is 0 Å². The predicted octanol–water partition coefficient (Wildman–Crippen LogP) is 4.18. The van der Waals surface area contributed by atoms with Gasteiger partial charge in [-0.15, -0.1) is 0 Å². The van der Waals surface area contributed by atoms with Gasteiger partial charge in [-0.2, -0.15) is 0 Å². The van der Waals surface area contributed by atoms with Crippen molar-refractivity contribution in [2.75, 3.05) is 7.05 Å². The van der Waals surface area contributed by atoms with Crippen molar-refractivity contribution in [2.24, 2.45) is 11.8 Å². The molecule has 0 heterocycles. The molecule has 0 bridgehead atoms. The third-order valence-corrected chi connectivity index (χ3v) is 4.16. The molecule has 94 valence electrons. The Hall–Kier alpha value is -0.600. The highest BCUT2D eigenvalue weighted by Crippen LogP contribution is 2.40. The molecule has 1 nitrogen and oxygen atoms in total. The first kappa shape index (κ1) is 12.8. The van der Waals surface area contributed by atoms with Crippen LogP contribution in [0.5, 0.6) is 0 Å². The average molecular weight is 256 g/mol. The molecule has 1 fully saturated rings. The quantitative estimate of drug-likeness (QED) is 0.855. The minimum atomic E-state index is -0.212. The Labute approximate surface area is 107 Å². The van der Waals surface area contributed by atoms with Gasteiger partial charge < -0.3 is 5.32 Å². The number of hydrogen-bond donors (Lipinski definition) is 1. The van der Waals surface area contributed by atoms with E-state index in [0.29, 0.717) is 10.9 Å². The molecular weight excluding hydrogens is 237 g/mol. The van der Waals surface area contributed by atoms with Crippen molar-refractivity contribution in [1.29, 1.82) is 0 Å². The summed E-state index contributed by atoms with van der Waals surface area (Å²) in [5.74, 6) is 1.12. The first-order valence-electron chi connectivity index (χ1n) is 6.24. The second-order valence-corrected chi connectivity index (χ2v) is 5.52. The molecular formula is C14H19ClFN. The molecule has 3 atom stereocenters. The Morgan fingerprint density at radius 3 is 2.76 bits per heavy atom. The van der Waals surface area contributed by atoms with Gasteiger partial charge in [-0.3, -0.25) is 0 Å². The molecule has 0 spiro atoms. The zero-order valence-corrected chi connectivity index (χ0v) is 11.1. The van der Waals surface area contributed by atoms with Crippen LogP contribution in [0.1, 0.15) is 37.8 Å². The molecule has 0 amide bonds. The van der Waals surface area contributed by atoms with Crippen molar-refractivity contribution in [3.63, 3.8) is 0 Å². The van der Waals surface area contributed by atoms with Gasteiger partial charge in [0.15, 0.2) is 0 Å². The molecule has 17 heavy (non-hydrogen) atoms. The molecule has 1 aromatic rings. The molecule has 2 rings (SSSR count). The Bertz CT molecular complexity index is 394. The van der Waals surface area contributed by atoms with E-state index < -0.39 is 0 Å². The van der Waals surface area contributed by atoms with Gasteiger partial charge in [-0.1, -0.05) is 24.9 Å². The molecule has 3 heteroatoms. The lowest BCUT2D eigenvalue weighted by Crippen LogP contribution is -2.24. The second-order valence-electron chi connectivity index (χ2n) is 5.11. The highest BCUT2D eigenvalue weighted by Gasteiger charge is 2.30. The lowest BCUT2D eigenvalue weighted by atomic mass is 9.91. The first-order valence-corrected chi connectivity index (χ1v) is 6.61. The van der Waals surface area contributed by atoms with Gasteiger partial charge in [0.05, 0.1) is 0 Å². The molecule has 1 N–H and O–H groups in total. The van der Waals surface area contributed by atoms with Crippen LogP contribution >= 0.6 is 11.6 Å². The topological polar surface area (TPSA) is 12.0 Å². The largest absolute Gasteiger partial charge is 0.313 e. The van der Waals surface area contributed by atoms with Crippen LogP contribution in [-0.4, -0.2) is 7.05 Å². The third kappa shape index (κ3) is 2.80. The number of benzene rings is 1. The number of nitrogens with one attached hydrogen (secondary N) is 1. The minimum Gasteiger partial charge on any atom is -0.313 e. The summed E-state index contributed by atoms with van der Waals surface area (Å²) in [5, 5.41) is 3.96. The van der Waals surface area contributed by atoms with Crippen LogP contribution in [-0.2, 0) is 0 Å². The van der Waals surface area contributed by atoms with Crippen LogP contribution in [0.4, 0.5) is 4.39 Å². The van der Waals surface area contributed by atoms with Gasteiger partial charge >= 0.3 is 0 Å². The van der Waals surface area contributed by atoms with Gasteiger partial charge in [-0.05, 0) is 55.5 Å². The molecule has 1 aliphatic carbocycles. The van der Waals surface area contributed by atoms with E-state index >= 15 is 0 Å². The van der Waals surface area contributed by atoms with E-state index in [4.69, 9.17) is 11.6 Å². The van der Waals surface area contributed by atoms with E-state index in [1.165, 1.54) is 25.3 Å². The highest BCUT2D eigenvalue weighted by molar-refractivity contribution is 6.31. The number of halogens is 2. The van der Waals surface area contributed by atoms with Crippen LogP contribution in [0.3, 0.4) is 0 Å². The summed E-state index contributed by atoms with van der Waals surface area (Å²) in [5.41, 5.74) is 0.897. The standard InChI is InChI=1S/C14H19ClFN/c1-9-3-4-10(7-9)14(17-2)12-8-11(16)5-6-13(12)15/h5-6,8-10,14,17H,3-4,7H2,1-2H3. The summed E-state index contributed by atoms with van der Waals surface area (Å²) in [7, 11) is 1.93. The second kappa shape index (κ2) is 5.36. The van der Waals surface area contributed by atoms with Crippen LogP contribution < -0.4 is 5.32 Å². The Morgan fingerprint density at radius 2 is 2.18 bits per heavy atom. The smallest absolute Gasteiger partial charge is 0.123 e. The zero-order chi connectivity index (χ0) is 12.4. The van der Waals surface area contributed by atoms with Crippen LogP contribution in [0.15, 0.2) is 18.2 Å². The summed E-state index contributed by atoms with van der Waals surface area (Å²) in [6.45, 7) is 2.28. The maximum Gasteiger partial charge on any atom is 0.123 e. The lowest BCUT2D eigenvalue weighted by molar-refractivity contribution is 0.378. The fourth-order valence-electron chi connectivity index (χ4n) is 2.95. The van der Waals surface area contributed by atoms with Crippen molar-refractivity contribution in [1.82, 2.24) is 5.32 Å². The van der Waals surface area contributed by atoms with E-state index in [1.807, 2.05) is 7.05 Å². The van der Waals surface area contributed by atoms with E-state index in [2.05, 4.69) is 12.2 Å². The fourth-order valence-corrected chi connectivity index (χ4v) is 3.19. The van der Waals surface area contributed by atoms with E-state index in [9.17, 15) is 4.39 Å². The van der Waals surface area contributed by atoms with Crippen molar-refractivity contribution >= 4 is 11.6 Å². The normalized spacial score (nSPS) is 26.1. The Balaban J connectivity index is 2.25. The van der Waals surface area contributed by atoms with Gasteiger partial charge in [0.25, 0.3) is 0 Å². The lowest BCUT2D eigenvalue weighted by Gasteiger charge is -2.24. The summed E-state index contributed by atoms with van der Waals surface area (Å²) in [6.07, 6.45) is 3.65. The summed E-state index contributed by atoms with van der Waals surface area (Å²) < 4.78 is 13.3. The van der Waals surface area contributed by atoms with Crippen LogP contribution in [0.2, 0.25) is 5.02 Å². The van der Waals surface area contributed by atoms with E-state index in [0.717, 1.165) is 11.5 Å². The number of hydrogen-bond acceptors (Lipinski definition) is 1. The monoisotopic (exact) mass is 255 g/mol. The van der Waals surface area contributed by atoms with Crippen molar-refractivity contribution in [3.8, 4) is 0 Å². The SMILES string of the molecule is CNC(c1cc(F)ccc1Cl)C1CCC(C)C1. The van der Waals surface area contributed by atoms with Crippen molar-refractivity contribution < 1.29 is 4.39 Å². The van der Waals surface area contributed by atoms with E-state index in [-0.39, 0.29) is 11.9 Å². The molecule has 0 aliphatic heterocycles. The molecule has 1 aromatic carbocycles. The average Bonchev–Trinajstić information content (AvgIpc) is 2.71. The maximum atomic E-state index is 13.3. The number of rotatable bonds is 3. The first-order chi connectivity index (χ1) is 8.11. The summed E-state index contributed by atoms with van der Waals surface area (Å²) >= 11 is 6.18. The molecule has 0 radical (unpaired) electrons. The molecule has 0 aromatic heterocycles. The van der Waals surface area contributed by atoms with Gasteiger partial charge in [0.2, 0.25) is 0 Å². The maximum absolute atomic E-state index is 13.3. The fraction of sp³-hybridized carbons (Fsp3) is 0.571. The third-order valence-electron chi connectivity index (χ3n) is 3.81. The molecule has 1 saturated carbocycles. The zero-order valence-electron chi connectivity index (χ0n) is 10.3. The molecule has 3 unspecified atom stereocenters. The highest BCUT2D eigenvalue weighted by atomic mass is 35.5. The molecule has 0 saturated heterocycles. The molecule has 1 aliphatic rings. The summed E-state index contributed by atoms with van der Waals surface area (Å²) in [4.78, 5) is 0. The van der Waals surface area contributed by atoms with Gasteiger partial charge in [0, 0.05) is 11.1 Å². The van der Waals surface area contributed by atoms with Gasteiger partial charge in [0.1, 0.15) is 5.82 Å². The van der Waals surface area contributed by atoms with Crippen molar-refractivity contribution in [3.05, 3.63) is 34.6 Å². The predicted molar refractivity (Wildman–Crippen MR) is 69.7 cm³/mol. The Morgan fingerprint density at radius 1 is 1.41 bits per heavy atom. The minimum absolute atomic E-state index is 0.170.